The van der Waals surface area contributed by atoms with Crippen molar-refractivity contribution in [2.75, 3.05) is 18.0 Å². The number of anilines is 1. The molecule has 1 aliphatic heterocycles. The molecule has 2 aromatic heterocycles. The second kappa shape index (κ2) is 8.69. The molecule has 0 saturated carbocycles. The second-order valence-electron chi connectivity index (χ2n) is 7.99. The van der Waals surface area contributed by atoms with Crippen molar-refractivity contribution in [1.29, 1.82) is 10.5 Å². The number of piperidine rings is 1. The van der Waals surface area contributed by atoms with E-state index in [9.17, 15) is 14.9 Å². The van der Waals surface area contributed by atoms with E-state index in [1.165, 1.54) is 4.57 Å². The van der Waals surface area contributed by atoms with Crippen molar-refractivity contribution in [3.05, 3.63) is 56.2 Å². The van der Waals surface area contributed by atoms with Gasteiger partial charge in [0.05, 0.1) is 30.7 Å². The van der Waals surface area contributed by atoms with Crippen LogP contribution in [0, 0.1) is 22.7 Å². The largest absolute Gasteiger partial charge is 0.341 e. The number of hydrogen-bond acceptors (Lipinski definition) is 7. The van der Waals surface area contributed by atoms with E-state index >= 15 is 0 Å². The van der Waals surface area contributed by atoms with Gasteiger partial charge < -0.3 is 10.6 Å². The highest BCUT2D eigenvalue weighted by Gasteiger charge is 2.26. The predicted octanol–water partition coefficient (Wildman–Crippen LogP) is 0.658. The van der Waals surface area contributed by atoms with Crippen molar-refractivity contribution < 1.29 is 0 Å². The minimum absolute atomic E-state index is 0.00182. The van der Waals surface area contributed by atoms with Crippen molar-refractivity contribution in [3.63, 3.8) is 0 Å². The lowest BCUT2D eigenvalue weighted by Gasteiger charge is -2.32. The summed E-state index contributed by atoms with van der Waals surface area (Å²) in [5.74, 6) is 0.549. The molecule has 1 saturated heterocycles. The van der Waals surface area contributed by atoms with Crippen LogP contribution >= 0.6 is 0 Å². The smallest absolute Gasteiger partial charge is 0.332 e. The lowest BCUT2D eigenvalue weighted by Crippen LogP contribution is -2.44. The summed E-state index contributed by atoms with van der Waals surface area (Å²) in [6, 6.07) is 11.4. The van der Waals surface area contributed by atoms with Gasteiger partial charge in [-0.15, -0.1) is 0 Å². The summed E-state index contributed by atoms with van der Waals surface area (Å²) in [6.07, 6.45) is 1.85. The van der Waals surface area contributed by atoms with Gasteiger partial charge in [-0.3, -0.25) is 18.5 Å². The average molecular weight is 432 g/mol. The molecule has 2 N–H and O–H groups in total. The van der Waals surface area contributed by atoms with E-state index in [1.54, 1.807) is 23.7 Å². The van der Waals surface area contributed by atoms with Crippen LogP contribution in [0.2, 0.25) is 0 Å². The monoisotopic (exact) mass is 432 g/mol. The summed E-state index contributed by atoms with van der Waals surface area (Å²) in [4.78, 5) is 32.9. The third-order valence-electron chi connectivity index (χ3n) is 5.87. The van der Waals surface area contributed by atoms with Crippen LogP contribution in [0.25, 0.3) is 11.2 Å². The Morgan fingerprint density at radius 3 is 2.72 bits per heavy atom. The first-order chi connectivity index (χ1) is 15.5. The number of aryl methyl sites for hydroxylation is 1. The molecule has 32 heavy (non-hydrogen) atoms. The quantitative estimate of drug-likeness (QED) is 0.625. The normalized spacial score (nSPS) is 16.1. The highest BCUT2D eigenvalue weighted by Crippen LogP contribution is 2.25. The highest BCUT2D eigenvalue weighted by atomic mass is 16.2. The second-order valence-corrected chi connectivity index (χ2v) is 7.99. The lowest BCUT2D eigenvalue weighted by molar-refractivity contribution is 0.495. The third kappa shape index (κ3) is 3.66. The topological polar surface area (TPSA) is 139 Å². The van der Waals surface area contributed by atoms with E-state index in [-0.39, 0.29) is 36.7 Å². The molecule has 164 valence electrons. The first-order valence-electron chi connectivity index (χ1n) is 10.5. The van der Waals surface area contributed by atoms with Crippen LogP contribution in [0.3, 0.4) is 0 Å². The Morgan fingerprint density at radius 1 is 1.22 bits per heavy atom. The maximum Gasteiger partial charge on any atom is 0.332 e. The minimum Gasteiger partial charge on any atom is -0.341 e. The summed E-state index contributed by atoms with van der Waals surface area (Å²) in [7, 11) is 1.57. The van der Waals surface area contributed by atoms with Crippen LogP contribution in [-0.4, -0.2) is 37.8 Å². The minimum atomic E-state index is -0.512. The fourth-order valence-corrected chi connectivity index (χ4v) is 4.24. The van der Waals surface area contributed by atoms with Gasteiger partial charge >= 0.3 is 5.69 Å². The molecule has 4 rings (SSSR count). The third-order valence-corrected chi connectivity index (χ3v) is 5.87. The molecule has 1 unspecified atom stereocenters. The Hall–Kier alpha value is -3.89. The van der Waals surface area contributed by atoms with Crippen LogP contribution in [0.1, 0.15) is 30.4 Å². The van der Waals surface area contributed by atoms with Crippen molar-refractivity contribution >= 4 is 17.1 Å². The Morgan fingerprint density at radius 2 is 2.00 bits per heavy atom. The van der Waals surface area contributed by atoms with Gasteiger partial charge in [0.25, 0.3) is 5.56 Å². The zero-order valence-electron chi connectivity index (χ0n) is 17.9. The van der Waals surface area contributed by atoms with Crippen LogP contribution in [-0.2, 0) is 20.1 Å². The molecule has 0 spiro atoms. The Kier molecular flexibility index (Phi) is 5.80. The lowest BCUT2D eigenvalue weighted by atomic mass is 10.1. The molecule has 10 nitrogen and oxygen atoms in total. The van der Waals surface area contributed by atoms with Crippen LogP contribution in [0.5, 0.6) is 0 Å². The number of hydrogen-bond donors (Lipinski definition) is 1. The molecule has 1 aromatic carbocycles. The summed E-state index contributed by atoms with van der Waals surface area (Å²) in [5, 5.41) is 18.5. The fraction of sp³-hybridized carbons (Fsp3) is 0.409. The van der Waals surface area contributed by atoms with Crippen molar-refractivity contribution in [3.8, 4) is 12.1 Å². The summed E-state index contributed by atoms with van der Waals surface area (Å²) in [6.45, 7) is 1.56. The van der Waals surface area contributed by atoms with Gasteiger partial charge in [0.1, 0.15) is 0 Å². The van der Waals surface area contributed by atoms with Crippen LogP contribution < -0.4 is 21.9 Å². The molecule has 1 atom stereocenters. The average Bonchev–Trinajstić information content (AvgIpc) is 3.17. The first kappa shape index (κ1) is 21.3. The Bertz CT molecular complexity index is 1370. The maximum absolute atomic E-state index is 13.4. The van der Waals surface area contributed by atoms with E-state index in [4.69, 9.17) is 16.0 Å². The van der Waals surface area contributed by atoms with Gasteiger partial charge in [-0.05, 0) is 24.5 Å². The van der Waals surface area contributed by atoms with Crippen molar-refractivity contribution in [2.45, 2.75) is 38.4 Å². The number of nitrogens with zero attached hydrogens (tertiary/aromatic N) is 7. The Balaban J connectivity index is 1.99. The van der Waals surface area contributed by atoms with E-state index < -0.39 is 11.2 Å². The number of benzene rings is 1. The number of imidazole rings is 1. The molecular weight excluding hydrogens is 408 g/mol. The summed E-state index contributed by atoms with van der Waals surface area (Å²) in [5.41, 5.74) is 6.98. The zero-order chi connectivity index (χ0) is 22.8. The molecule has 1 aliphatic rings. The molecule has 0 amide bonds. The van der Waals surface area contributed by atoms with Crippen LogP contribution in [0.4, 0.5) is 5.95 Å². The number of nitrogens with two attached hydrogens (primary N) is 1. The predicted molar refractivity (Wildman–Crippen MR) is 119 cm³/mol. The molecule has 3 aromatic rings. The van der Waals surface area contributed by atoms with Gasteiger partial charge in [-0.1, -0.05) is 18.2 Å². The van der Waals surface area contributed by atoms with E-state index in [2.05, 4.69) is 6.07 Å². The van der Waals surface area contributed by atoms with Crippen LogP contribution in [0.15, 0.2) is 33.9 Å². The van der Waals surface area contributed by atoms with Crippen molar-refractivity contribution in [1.82, 2.24) is 18.7 Å². The van der Waals surface area contributed by atoms with Gasteiger partial charge in [-0.2, -0.15) is 15.5 Å². The number of fused-ring (bicyclic) bond motifs is 1. The fourth-order valence-electron chi connectivity index (χ4n) is 4.24. The summed E-state index contributed by atoms with van der Waals surface area (Å²) >= 11 is 0. The van der Waals surface area contributed by atoms with Crippen molar-refractivity contribution in [2.24, 2.45) is 12.8 Å². The molecule has 3 heterocycles. The molecule has 0 radical (unpaired) electrons. The number of nitriles is 2. The number of rotatable bonds is 5. The molecule has 0 bridgehead atoms. The van der Waals surface area contributed by atoms with Gasteiger partial charge in [0.2, 0.25) is 5.95 Å². The zero-order valence-corrected chi connectivity index (χ0v) is 17.9. The Labute approximate surface area is 184 Å². The number of aromatic nitrogens is 4. The highest BCUT2D eigenvalue weighted by molar-refractivity contribution is 5.75. The standard InChI is InChI=1S/C22H24N8O2/c1-27-19-18(20(31)29(22(27)32)11-5-9-23)30(13-16-7-3-2-6-15(16)12-24)21(26-19)28-10-4-8-17(25)14-28/h2-3,6-7,17H,4-5,8,10-11,13-14,25H2,1H3. The van der Waals surface area contributed by atoms with E-state index in [1.807, 2.05) is 23.1 Å². The SMILES string of the molecule is Cn1c(=O)n(CCC#N)c(=O)c2c1nc(N1CCCC(N)C1)n2Cc1ccccc1C#N. The maximum atomic E-state index is 13.4. The van der Waals surface area contributed by atoms with E-state index in [0.717, 1.165) is 29.5 Å². The molecule has 1 fully saturated rings. The summed E-state index contributed by atoms with van der Waals surface area (Å²) < 4.78 is 4.19. The molecule has 0 aliphatic carbocycles. The van der Waals surface area contributed by atoms with Gasteiger partial charge in [-0.25, -0.2) is 4.79 Å². The van der Waals surface area contributed by atoms with Gasteiger partial charge in [0.15, 0.2) is 11.2 Å². The first-order valence-corrected chi connectivity index (χ1v) is 10.5. The van der Waals surface area contributed by atoms with Gasteiger partial charge in [0, 0.05) is 32.7 Å². The molecule has 10 heteroatoms. The van der Waals surface area contributed by atoms with E-state index in [0.29, 0.717) is 18.1 Å². The molecular formula is C22H24N8O2.